The highest BCUT2D eigenvalue weighted by molar-refractivity contribution is 7.15. The lowest BCUT2D eigenvalue weighted by Crippen LogP contribution is -2.12. The van der Waals surface area contributed by atoms with E-state index in [2.05, 4.69) is 20.2 Å². The monoisotopic (exact) mass is 349 g/mol. The van der Waals surface area contributed by atoms with Gasteiger partial charge in [0.05, 0.1) is 6.42 Å². The number of nitrogens with zero attached hydrogens (tertiary/aromatic N) is 4. The van der Waals surface area contributed by atoms with Gasteiger partial charge in [0.2, 0.25) is 5.89 Å². The van der Waals surface area contributed by atoms with Crippen LogP contribution in [-0.4, -0.2) is 24.6 Å². The van der Waals surface area contributed by atoms with Crippen LogP contribution in [0.5, 0.6) is 0 Å². The molecule has 0 spiro atoms. The molecule has 1 N–H and O–H groups in total. The average Bonchev–Trinajstić information content (AvgIpc) is 3.30. The minimum Gasteiger partial charge on any atom is -0.419 e. The topological polar surface area (TPSA) is 89.1 Å². The van der Waals surface area contributed by atoms with Crippen LogP contribution in [0.3, 0.4) is 0 Å². The molecule has 0 bridgehead atoms. The molecule has 5 rings (SSSR count). The Morgan fingerprint density at radius 1 is 1.24 bits per heavy atom. The van der Waals surface area contributed by atoms with Crippen molar-refractivity contribution in [3.8, 4) is 11.6 Å². The number of hydrogen-bond acceptors (Lipinski definition) is 6. The zero-order chi connectivity index (χ0) is 16.8. The van der Waals surface area contributed by atoms with Gasteiger partial charge in [-0.3, -0.25) is 9.20 Å². The Labute approximate surface area is 144 Å². The predicted octanol–water partition coefficient (Wildman–Crippen LogP) is 2.88. The van der Waals surface area contributed by atoms with E-state index in [1.165, 1.54) is 11.3 Å². The standard InChI is InChI=1S/C17H11N5O2S/c23-15-11(7-10-3-1-2-4-12(10)18-15)8-14-20-21-16(24-14)13-9-22-5-6-25-17(22)19-13/h1-7,9H,8H2,(H,18,23). The van der Waals surface area contributed by atoms with Gasteiger partial charge in [-0.1, -0.05) is 18.2 Å². The first-order valence-corrected chi connectivity index (χ1v) is 8.50. The van der Waals surface area contributed by atoms with E-state index in [1.54, 1.807) is 0 Å². The van der Waals surface area contributed by atoms with Crippen molar-refractivity contribution in [2.45, 2.75) is 6.42 Å². The lowest BCUT2D eigenvalue weighted by Gasteiger charge is -2.00. The molecule has 0 amide bonds. The zero-order valence-electron chi connectivity index (χ0n) is 12.8. The summed E-state index contributed by atoms with van der Waals surface area (Å²) in [4.78, 5) is 20.4. The highest BCUT2D eigenvalue weighted by Crippen LogP contribution is 2.21. The minimum absolute atomic E-state index is 0.152. The molecular formula is C17H11N5O2S. The average molecular weight is 349 g/mol. The van der Waals surface area contributed by atoms with Crippen molar-refractivity contribution in [2.24, 2.45) is 0 Å². The van der Waals surface area contributed by atoms with Crippen LogP contribution in [0, 0.1) is 0 Å². The highest BCUT2D eigenvalue weighted by atomic mass is 32.1. The Hall–Kier alpha value is -3.26. The van der Waals surface area contributed by atoms with Crippen LogP contribution in [0.1, 0.15) is 11.5 Å². The van der Waals surface area contributed by atoms with E-state index in [4.69, 9.17) is 4.42 Å². The summed E-state index contributed by atoms with van der Waals surface area (Å²) in [5.74, 6) is 0.732. The summed E-state index contributed by atoms with van der Waals surface area (Å²) in [6, 6.07) is 9.49. The van der Waals surface area contributed by atoms with Crippen molar-refractivity contribution in [2.75, 3.05) is 0 Å². The maximum Gasteiger partial charge on any atom is 0.267 e. The molecule has 0 aliphatic rings. The number of para-hydroxylation sites is 1. The summed E-state index contributed by atoms with van der Waals surface area (Å²) in [6.45, 7) is 0. The summed E-state index contributed by atoms with van der Waals surface area (Å²) in [5, 5.41) is 11.0. The lowest BCUT2D eigenvalue weighted by molar-refractivity contribution is 0.516. The van der Waals surface area contributed by atoms with Crippen molar-refractivity contribution < 1.29 is 4.42 Å². The van der Waals surface area contributed by atoms with Gasteiger partial charge < -0.3 is 9.40 Å². The maximum atomic E-state index is 12.2. The largest absolute Gasteiger partial charge is 0.419 e. The van der Waals surface area contributed by atoms with E-state index in [-0.39, 0.29) is 12.0 Å². The highest BCUT2D eigenvalue weighted by Gasteiger charge is 2.14. The Morgan fingerprint density at radius 2 is 2.16 bits per heavy atom. The number of imidazole rings is 1. The van der Waals surface area contributed by atoms with Crippen LogP contribution in [0.15, 0.2) is 57.3 Å². The molecule has 0 aliphatic carbocycles. The maximum absolute atomic E-state index is 12.2. The van der Waals surface area contributed by atoms with Crippen molar-refractivity contribution in [3.05, 3.63) is 69.9 Å². The molecule has 0 atom stereocenters. The molecule has 7 nitrogen and oxygen atoms in total. The van der Waals surface area contributed by atoms with Gasteiger partial charge in [-0.2, -0.15) is 0 Å². The lowest BCUT2D eigenvalue weighted by atomic mass is 10.1. The second-order valence-corrected chi connectivity index (χ2v) is 6.48. The molecule has 0 saturated carbocycles. The van der Waals surface area contributed by atoms with Crippen LogP contribution in [-0.2, 0) is 6.42 Å². The minimum atomic E-state index is -0.152. The van der Waals surface area contributed by atoms with Gasteiger partial charge in [0.15, 0.2) is 4.96 Å². The van der Waals surface area contributed by atoms with Gasteiger partial charge in [-0.25, -0.2) is 4.98 Å². The zero-order valence-corrected chi connectivity index (χ0v) is 13.7. The molecule has 0 saturated heterocycles. The number of H-pyrrole nitrogens is 1. The normalized spacial score (nSPS) is 11.5. The molecule has 8 heteroatoms. The SMILES string of the molecule is O=c1[nH]c2ccccc2cc1Cc1nnc(-c2cn3ccsc3n2)o1. The number of rotatable bonds is 3. The van der Waals surface area contributed by atoms with E-state index in [9.17, 15) is 4.79 Å². The van der Waals surface area contributed by atoms with E-state index in [0.29, 0.717) is 23.0 Å². The molecule has 122 valence electrons. The van der Waals surface area contributed by atoms with Crippen LogP contribution < -0.4 is 5.56 Å². The van der Waals surface area contributed by atoms with Crippen LogP contribution in [0.2, 0.25) is 0 Å². The molecule has 5 aromatic rings. The van der Waals surface area contributed by atoms with Crippen LogP contribution >= 0.6 is 11.3 Å². The fourth-order valence-electron chi connectivity index (χ4n) is 2.75. The third-order valence-electron chi connectivity index (χ3n) is 3.95. The Balaban J connectivity index is 1.49. The first-order chi connectivity index (χ1) is 12.3. The molecule has 0 fully saturated rings. The Kier molecular flexibility index (Phi) is 3.04. The summed E-state index contributed by atoms with van der Waals surface area (Å²) in [5.41, 5.74) is 1.86. The van der Waals surface area contributed by atoms with E-state index in [1.807, 2.05) is 52.5 Å². The smallest absolute Gasteiger partial charge is 0.267 e. The molecule has 4 heterocycles. The number of aromatic nitrogens is 5. The summed E-state index contributed by atoms with van der Waals surface area (Å²) >= 11 is 1.53. The van der Waals surface area contributed by atoms with Crippen LogP contribution in [0.4, 0.5) is 0 Å². The molecule has 0 unspecified atom stereocenters. The fraction of sp³-hybridized carbons (Fsp3) is 0.0588. The number of thiazole rings is 1. The number of pyridine rings is 1. The van der Waals surface area contributed by atoms with Crippen LogP contribution in [0.25, 0.3) is 27.4 Å². The molecule has 25 heavy (non-hydrogen) atoms. The van der Waals surface area contributed by atoms with Gasteiger partial charge in [-0.15, -0.1) is 21.5 Å². The van der Waals surface area contributed by atoms with Crippen molar-refractivity contribution in [1.29, 1.82) is 0 Å². The number of benzene rings is 1. The van der Waals surface area contributed by atoms with Gasteiger partial charge in [0.25, 0.3) is 11.4 Å². The number of hydrogen-bond donors (Lipinski definition) is 1. The van der Waals surface area contributed by atoms with Gasteiger partial charge in [-0.05, 0) is 17.5 Å². The number of nitrogens with one attached hydrogen (secondary N) is 1. The third-order valence-corrected chi connectivity index (χ3v) is 4.72. The van der Waals surface area contributed by atoms with Gasteiger partial charge in [0.1, 0.15) is 5.69 Å². The second kappa shape index (κ2) is 5.38. The van der Waals surface area contributed by atoms with E-state index < -0.39 is 0 Å². The third kappa shape index (κ3) is 2.43. The second-order valence-electron chi connectivity index (χ2n) is 5.61. The molecule has 0 radical (unpaired) electrons. The Bertz CT molecular complexity index is 1230. The van der Waals surface area contributed by atoms with Gasteiger partial charge >= 0.3 is 0 Å². The van der Waals surface area contributed by atoms with Crippen molar-refractivity contribution in [3.63, 3.8) is 0 Å². The molecule has 0 aliphatic heterocycles. The summed E-state index contributed by atoms with van der Waals surface area (Å²) in [6.07, 6.45) is 4.03. The first-order valence-electron chi connectivity index (χ1n) is 7.62. The Morgan fingerprint density at radius 3 is 3.08 bits per heavy atom. The number of aromatic amines is 1. The summed E-state index contributed by atoms with van der Waals surface area (Å²) in [7, 11) is 0. The van der Waals surface area contributed by atoms with E-state index >= 15 is 0 Å². The molecule has 1 aromatic carbocycles. The predicted molar refractivity (Wildman–Crippen MR) is 93.7 cm³/mol. The van der Waals surface area contributed by atoms with Gasteiger partial charge in [0, 0.05) is 28.9 Å². The van der Waals surface area contributed by atoms with E-state index in [0.717, 1.165) is 15.9 Å². The molecule has 4 aromatic heterocycles. The summed E-state index contributed by atoms with van der Waals surface area (Å²) < 4.78 is 7.59. The molecular weight excluding hydrogens is 338 g/mol. The fourth-order valence-corrected chi connectivity index (χ4v) is 3.45. The first kappa shape index (κ1) is 14.1. The number of fused-ring (bicyclic) bond motifs is 2. The van der Waals surface area contributed by atoms with Crippen molar-refractivity contribution in [1.82, 2.24) is 24.6 Å². The quantitative estimate of drug-likeness (QED) is 0.541. The van der Waals surface area contributed by atoms with Crippen molar-refractivity contribution >= 4 is 27.2 Å².